The van der Waals surface area contributed by atoms with Crippen LogP contribution in [0.25, 0.3) is 0 Å². The third kappa shape index (κ3) is 2.72. The molecule has 0 aromatic heterocycles. The Balaban J connectivity index is 2.31. The van der Waals surface area contributed by atoms with Crippen LogP contribution in [0, 0.1) is 18.6 Å². The molecule has 0 aliphatic carbocycles. The zero-order valence-corrected chi connectivity index (χ0v) is 9.21. The summed E-state index contributed by atoms with van der Waals surface area (Å²) in [6.45, 7) is 1.81. The molecule has 0 atom stereocenters. The highest BCUT2D eigenvalue weighted by atomic mass is 19.1. The van der Waals surface area contributed by atoms with Crippen molar-refractivity contribution in [3.05, 3.63) is 53.6 Å². The maximum Gasteiger partial charge on any atom is 0.133 e. The van der Waals surface area contributed by atoms with Crippen LogP contribution < -0.4 is 10.5 Å². The summed E-state index contributed by atoms with van der Waals surface area (Å²) in [5, 5.41) is 0. The van der Waals surface area contributed by atoms with E-state index in [2.05, 4.69) is 0 Å². The Morgan fingerprint density at radius 3 is 2.24 bits per heavy atom. The molecule has 0 unspecified atom stereocenters. The number of ether oxygens (including phenoxy) is 1. The molecular formula is C13H11F2NO. The molecule has 2 aromatic rings. The fourth-order valence-electron chi connectivity index (χ4n) is 1.50. The normalized spacial score (nSPS) is 10.3. The largest absolute Gasteiger partial charge is 0.457 e. The van der Waals surface area contributed by atoms with Crippen molar-refractivity contribution in [3.63, 3.8) is 0 Å². The van der Waals surface area contributed by atoms with Crippen LogP contribution in [-0.2, 0) is 0 Å². The molecule has 0 bridgehead atoms. The Bertz CT molecular complexity index is 535. The first-order valence-electron chi connectivity index (χ1n) is 5.04. The van der Waals surface area contributed by atoms with Gasteiger partial charge in [-0.05, 0) is 30.7 Å². The summed E-state index contributed by atoms with van der Waals surface area (Å²) in [5.41, 5.74) is 7.01. The molecule has 0 spiro atoms. The first-order chi connectivity index (χ1) is 8.04. The molecule has 2 rings (SSSR count). The third-order valence-electron chi connectivity index (χ3n) is 2.26. The van der Waals surface area contributed by atoms with E-state index < -0.39 is 11.6 Å². The predicted molar refractivity (Wildman–Crippen MR) is 62.0 cm³/mol. The summed E-state index contributed by atoms with van der Waals surface area (Å²) >= 11 is 0. The highest BCUT2D eigenvalue weighted by Crippen LogP contribution is 2.27. The lowest BCUT2D eigenvalue weighted by Gasteiger charge is -2.09. The molecule has 0 amide bonds. The van der Waals surface area contributed by atoms with Crippen LogP contribution in [0.2, 0.25) is 0 Å². The van der Waals surface area contributed by atoms with Crippen LogP contribution in [-0.4, -0.2) is 0 Å². The van der Waals surface area contributed by atoms with Crippen LogP contribution in [0.3, 0.4) is 0 Å². The zero-order valence-electron chi connectivity index (χ0n) is 9.21. The smallest absolute Gasteiger partial charge is 0.133 e. The van der Waals surface area contributed by atoms with E-state index in [9.17, 15) is 8.78 Å². The lowest BCUT2D eigenvalue weighted by molar-refractivity contribution is 0.465. The Morgan fingerprint density at radius 1 is 1.00 bits per heavy atom. The number of aryl methyl sites for hydroxylation is 1. The number of hydrogen-bond acceptors (Lipinski definition) is 2. The third-order valence-corrected chi connectivity index (χ3v) is 2.26. The van der Waals surface area contributed by atoms with Gasteiger partial charge >= 0.3 is 0 Å². The van der Waals surface area contributed by atoms with Crippen molar-refractivity contribution in [3.8, 4) is 11.5 Å². The minimum Gasteiger partial charge on any atom is -0.457 e. The molecule has 2 aromatic carbocycles. The summed E-state index contributed by atoms with van der Waals surface area (Å²) < 4.78 is 31.3. The average Bonchev–Trinajstić information content (AvgIpc) is 2.21. The van der Waals surface area contributed by atoms with Crippen LogP contribution in [0.4, 0.5) is 14.5 Å². The van der Waals surface area contributed by atoms with Crippen molar-refractivity contribution < 1.29 is 13.5 Å². The predicted octanol–water partition coefficient (Wildman–Crippen LogP) is 3.65. The van der Waals surface area contributed by atoms with Gasteiger partial charge < -0.3 is 10.5 Å². The van der Waals surface area contributed by atoms with Crippen molar-refractivity contribution in [2.24, 2.45) is 0 Å². The van der Waals surface area contributed by atoms with E-state index in [4.69, 9.17) is 10.5 Å². The highest BCUT2D eigenvalue weighted by molar-refractivity contribution is 5.48. The van der Waals surface area contributed by atoms with Crippen molar-refractivity contribution in [1.82, 2.24) is 0 Å². The lowest BCUT2D eigenvalue weighted by Crippen LogP contribution is -1.92. The van der Waals surface area contributed by atoms with Gasteiger partial charge in [-0.1, -0.05) is 0 Å². The summed E-state index contributed by atoms with van der Waals surface area (Å²) in [4.78, 5) is 0. The molecule has 0 fully saturated rings. The minimum absolute atomic E-state index is 0.121. The highest BCUT2D eigenvalue weighted by Gasteiger charge is 2.05. The maximum atomic E-state index is 13.0. The molecule has 17 heavy (non-hydrogen) atoms. The molecule has 4 heteroatoms. The van der Waals surface area contributed by atoms with Gasteiger partial charge in [0.25, 0.3) is 0 Å². The Kier molecular flexibility index (Phi) is 2.95. The summed E-state index contributed by atoms with van der Waals surface area (Å²) in [5.74, 6) is -0.708. The molecule has 2 nitrogen and oxygen atoms in total. The quantitative estimate of drug-likeness (QED) is 0.806. The molecule has 0 saturated carbocycles. The molecule has 88 valence electrons. The van der Waals surface area contributed by atoms with Crippen molar-refractivity contribution in [1.29, 1.82) is 0 Å². The Hall–Kier alpha value is -2.10. The van der Waals surface area contributed by atoms with E-state index in [-0.39, 0.29) is 5.75 Å². The Labute approximate surface area is 97.6 Å². The fraction of sp³-hybridized carbons (Fsp3) is 0.0769. The van der Waals surface area contributed by atoms with Gasteiger partial charge in [-0.15, -0.1) is 0 Å². The first-order valence-corrected chi connectivity index (χ1v) is 5.04. The second kappa shape index (κ2) is 4.41. The van der Waals surface area contributed by atoms with Crippen LogP contribution in [0.5, 0.6) is 11.5 Å². The summed E-state index contributed by atoms with van der Waals surface area (Å²) in [6, 6.07) is 8.09. The number of anilines is 1. The van der Waals surface area contributed by atoms with Gasteiger partial charge in [-0.3, -0.25) is 0 Å². The Morgan fingerprint density at radius 2 is 1.65 bits per heavy atom. The van der Waals surface area contributed by atoms with Crippen molar-refractivity contribution in [2.45, 2.75) is 6.92 Å². The second-order valence-electron chi connectivity index (χ2n) is 3.73. The summed E-state index contributed by atoms with van der Waals surface area (Å²) in [7, 11) is 0. The number of rotatable bonds is 2. The SMILES string of the molecule is Cc1cc(N)ccc1Oc1cc(F)cc(F)c1. The second-order valence-corrected chi connectivity index (χ2v) is 3.73. The molecule has 0 radical (unpaired) electrons. The van der Waals surface area contributed by atoms with Crippen LogP contribution in [0.15, 0.2) is 36.4 Å². The van der Waals surface area contributed by atoms with E-state index in [0.717, 1.165) is 23.8 Å². The first kappa shape index (κ1) is 11.4. The van der Waals surface area contributed by atoms with Crippen molar-refractivity contribution in [2.75, 3.05) is 5.73 Å². The van der Waals surface area contributed by atoms with E-state index in [1.54, 1.807) is 25.1 Å². The van der Waals surface area contributed by atoms with Gasteiger partial charge in [0, 0.05) is 23.9 Å². The van der Waals surface area contributed by atoms with Gasteiger partial charge in [0.1, 0.15) is 23.1 Å². The number of hydrogen-bond donors (Lipinski definition) is 1. The number of benzene rings is 2. The van der Waals surface area contributed by atoms with Gasteiger partial charge in [0.05, 0.1) is 0 Å². The van der Waals surface area contributed by atoms with Gasteiger partial charge in [-0.25, -0.2) is 8.78 Å². The fourth-order valence-corrected chi connectivity index (χ4v) is 1.50. The van der Waals surface area contributed by atoms with Gasteiger partial charge in [0.2, 0.25) is 0 Å². The molecule has 0 aliphatic rings. The lowest BCUT2D eigenvalue weighted by atomic mass is 10.2. The maximum absolute atomic E-state index is 13.0. The molecule has 2 N–H and O–H groups in total. The molecule has 0 heterocycles. The average molecular weight is 235 g/mol. The summed E-state index contributed by atoms with van der Waals surface area (Å²) in [6.07, 6.45) is 0. The number of nitrogens with two attached hydrogens (primary N) is 1. The molecule has 0 saturated heterocycles. The van der Waals surface area contributed by atoms with E-state index in [1.807, 2.05) is 0 Å². The van der Waals surface area contributed by atoms with E-state index >= 15 is 0 Å². The zero-order chi connectivity index (χ0) is 12.4. The van der Waals surface area contributed by atoms with Gasteiger partial charge in [0.15, 0.2) is 0 Å². The standard InChI is InChI=1S/C13H11F2NO/c1-8-4-11(16)2-3-13(8)17-12-6-9(14)5-10(15)7-12/h2-7H,16H2,1H3. The molecular weight excluding hydrogens is 224 g/mol. The van der Waals surface area contributed by atoms with Gasteiger partial charge in [-0.2, -0.15) is 0 Å². The number of nitrogen functional groups attached to an aromatic ring is 1. The van der Waals surface area contributed by atoms with E-state index in [1.165, 1.54) is 0 Å². The monoisotopic (exact) mass is 235 g/mol. The minimum atomic E-state index is -0.673. The van der Waals surface area contributed by atoms with Crippen LogP contribution in [0.1, 0.15) is 5.56 Å². The number of halogens is 2. The molecule has 0 aliphatic heterocycles. The van der Waals surface area contributed by atoms with Crippen molar-refractivity contribution >= 4 is 5.69 Å². The van der Waals surface area contributed by atoms with E-state index in [0.29, 0.717) is 11.4 Å². The van der Waals surface area contributed by atoms with Crippen LogP contribution >= 0.6 is 0 Å². The topological polar surface area (TPSA) is 35.2 Å².